The van der Waals surface area contributed by atoms with Gasteiger partial charge in [0.2, 0.25) is 0 Å². The van der Waals surface area contributed by atoms with Crippen LogP contribution in [0.4, 0.5) is 0 Å². The fourth-order valence-corrected chi connectivity index (χ4v) is 2.13. The van der Waals surface area contributed by atoms with Crippen molar-refractivity contribution in [3.05, 3.63) is 48.0 Å². The van der Waals surface area contributed by atoms with Crippen LogP contribution in [0.2, 0.25) is 0 Å². The van der Waals surface area contributed by atoms with E-state index in [9.17, 15) is 10.4 Å². The number of aliphatic hydroxyl groups is 1. The van der Waals surface area contributed by atoms with Crippen LogP contribution in [0.25, 0.3) is 10.8 Å². The highest BCUT2D eigenvalue weighted by Crippen LogP contribution is 2.26. The van der Waals surface area contributed by atoms with Gasteiger partial charge in [0.1, 0.15) is 0 Å². The predicted octanol–water partition coefficient (Wildman–Crippen LogP) is 3.46. The first-order valence-electron chi connectivity index (χ1n) is 6.20. The Kier molecular flexibility index (Phi) is 3.64. The van der Waals surface area contributed by atoms with Gasteiger partial charge in [0.05, 0.1) is 18.1 Å². The molecule has 2 nitrogen and oxygen atoms in total. The van der Waals surface area contributed by atoms with Crippen molar-refractivity contribution in [3.63, 3.8) is 0 Å². The molecule has 0 bridgehead atoms. The molecule has 2 aromatic rings. The van der Waals surface area contributed by atoms with Crippen molar-refractivity contribution in [1.82, 2.24) is 0 Å². The van der Waals surface area contributed by atoms with Gasteiger partial charge in [-0.25, -0.2) is 0 Å². The molecule has 0 aliphatic carbocycles. The standard InChI is InChI=1S/C16H17NO/c1-11(2)16(18)15(10-17)14-8-7-12-5-3-4-6-13(12)9-14/h3-9,11,15-16,18H,1-2H3. The first kappa shape index (κ1) is 12.6. The van der Waals surface area contributed by atoms with E-state index < -0.39 is 12.0 Å². The Morgan fingerprint density at radius 3 is 2.33 bits per heavy atom. The summed E-state index contributed by atoms with van der Waals surface area (Å²) in [5.41, 5.74) is 0.886. The zero-order valence-corrected chi connectivity index (χ0v) is 10.7. The van der Waals surface area contributed by atoms with Crippen molar-refractivity contribution in [2.45, 2.75) is 25.9 Å². The van der Waals surface area contributed by atoms with Crippen molar-refractivity contribution in [2.75, 3.05) is 0 Å². The van der Waals surface area contributed by atoms with Gasteiger partial charge in [-0.15, -0.1) is 0 Å². The average Bonchev–Trinajstić information content (AvgIpc) is 2.39. The van der Waals surface area contributed by atoms with E-state index in [2.05, 4.69) is 6.07 Å². The Morgan fingerprint density at radius 1 is 1.06 bits per heavy atom. The van der Waals surface area contributed by atoms with E-state index in [0.717, 1.165) is 16.3 Å². The van der Waals surface area contributed by atoms with Gasteiger partial charge >= 0.3 is 0 Å². The highest BCUT2D eigenvalue weighted by Gasteiger charge is 2.23. The van der Waals surface area contributed by atoms with Gasteiger partial charge in [0.15, 0.2) is 0 Å². The fourth-order valence-electron chi connectivity index (χ4n) is 2.13. The molecule has 0 amide bonds. The van der Waals surface area contributed by atoms with Crippen LogP contribution in [0.1, 0.15) is 25.3 Å². The summed E-state index contributed by atoms with van der Waals surface area (Å²) in [6, 6.07) is 16.2. The number of hydrogen-bond acceptors (Lipinski definition) is 2. The van der Waals surface area contributed by atoms with Crippen LogP contribution in [-0.2, 0) is 0 Å². The highest BCUT2D eigenvalue weighted by atomic mass is 16.3. The number of fused-ring (bicyclic) bond motifs is 1. The second kappa shape index (κ2) is 5.20. The second-order valence-corrected chi connectivity index (χ2v) is 4.95. The molecule has 0 aliphatic rings. The normalized spacial score (nSPS) is 14.4. The van der Waals surface area contributed by atoms with E-state index in [1.54, 1.807) is 0 Å². The molecule has 2 heteroatoms. The maximum atomic E-state index is 10.1. The Bertz CT molecular complexity index is 583. The summed E-state index contributed by atoms with van der Waals surface area (Å²) in [4.78, 5) is 0. The second-order valence-electron chi connectivity index (χ2n) is 4.95. The van der Waals surface area contributed by atoms with Crippen molar-refractivity contribution < 1.29 is 5.11 Å². The zero-order valence-electron chi connectivity index (χ0n) is 10.7. The van der Waals surface area contributed by atoms with Gasteiger partial charge in [-0.1, -0.05) is 50.2 Å². The number of nitrogens with zero attached hydrogens (tertiary/aromatic N) is 1. The third-order valence-corrected chi connectivity index (χ3v) is 3.30. The van der Waals surface area contributed by atoms with Crippen LogP contribution >= 0.6 is 0 Å². The fraction of sp³-hybridized carbons (Fsp3) is 0.312. The highest BCUT2D eigenvalue weighted by molar-refractivity contribution is 5.83. The van der Waals surface area contributed by atoms with E-state index in [0.29, 0.717) is 0 Å². The minimum Gasteiger partial charge on any atom is -0.391 e. The molecule has 0 saturated heterocycles. The molecule has 2 atom stereocenters. The lowest BCUT2D eigenvalue weighted by Gasteiger charge is -2.20. The molecular weight excluding hydrogens is 222 g/mol. The minimum absolute atomic E-state index is 0.0705. The first-order chi connectivity index (χ1) is 8.63. The molecule has 0 saturated carbocycles. The lowest BCUT2D eigenvalue weighted by molar-refractivity contribution is 0.113. The molecular formula is C16H17NO. The molecule has 0 heterocycles. The number of hydrogen-bond donors (Lipinski definition) is 1. The van der Waals surface area contributed by atoms with Gasteiger partial charge in [0.25, 0.3) is 0 Å². The van der Waals surface area contributed by atoms with Gasteiger partial charge < -0.3 is 5.11 Å². The quantitative estimate of drug-likeness (QED) is 0.891. The van der Waals surface area contributed by atoms with Crippen molar-refractivity contribution in [1.29, 1.82) is 5.26 Å². The zero-order chi connectivity index (χ0) is 13.1. The van der Waals surface area contributed by atoms with Gasteiger partial charge in [-0.2, -0.15) is 5.26 Å². The number of nitriles is 1. The third kappa shape index (κ3) is 2.37. The predicted molar refractivity (Wildman–Crippen MR) is 73.1 cm³/mol. The van der Waals surface area contributed by atoms with E-state index in [-0.39, 0.29) is 5.92 Å². The van der Waals surface area contributed by atoms with Crippen LogP contribution in [0.15, 0.2) is 42.5 Å². The molecule has 2 aromatic carbocycles. The lowest BCUT2D eigenvalue weighted by atomic mass is 9.87. The van der Waals surface area contributed by atoms with E-state index in [4.69, 9.17) is 0 Å². The molecule has 0 aliphatic heterocycles. The number of rotatable bonds is 3. The summed E-state index contributed by atoms with van der Waals surface area (Å²) >= 11 is 0. The lowest BCUT2D eigenvalue weighted by Crippen LogP contribution is -2.23. The molecule has 2 unspecified atom stereocenters. The minimum atomic E-state index is -0.629. The smallest absolute Gasteiger partial charge is 0.0974 e. The first-order valence-corrected chi connectivity index (χ1v) is 6.20. The topological polar surface area (TPSA) is 44.0 Å². The van der Waals surface area contributed by atoms with Gasteiger partial charge in [0, 0.05) is 0 Å². The van der Waals surface area contributed by atoms with E-state index >= 15 is 0 Å². The Morgan fingerprint density at radius 2 is 1.72 bits per heavy atom. The molecule has 0 fully saturated rings. The van der Waals surface area contributed by atoms with Crippen LogP contribution in [0.5, 0.6) is 0 Å². The van der Waals surface area contributed by atoms with Crippen molar-refractivity contribution >= 4 is 10.8 Å². The van der Waals surface area contributed by atoms with Crippen LogP contribution in [0, 0.1) is 17.2 Å². The SMILES string of the molecule is CC(C)C(O)C(C#N)c1ccc2ccccc2c1. The molecule has 0 spiro atoms. The van der Waals surface area contributed by atoms with E-state index in [1.165, 1.54) is 0 Å². The largest absolute Gasteiger partial charge is 0.391 e. The summed E-state index contributed by atoms with van der Waals surface area (Å²) in [5, 5.41) is 21.6. The van der Waals surface area contributed by atoms with Crippen molar-refractivity contribution in [2.24, 2.45) is 5.92 Å². The molecule has 0 radical (unpaired) electrons. The number of aliphatic hydroxyl groups excluding tert-OH is 1. The summed E-state index contributed by atoms with van der Waals surface area (Å²) in [6.45, 7) is 3.85. The van der Waals surface area contributed by atoms with Crippen LogP contribution in [0.3, 0.4) is 0 Å². The summed E-state index contributed by atoms with van der Waals surface area (Å²) in [7, 11) is 0. The summed E-state index contributed by atoms with van der Waals surface area (Å²) in [5.74, 6) is -0.393. The molecule has 18 heavy (non-hydrogen) atoms. The van der Waals surface area contributed by atoms with Crippen LogP contribution in [-0.4, -0.2) is 11.2 Å². The summed E-state index contributed by atoms with van der Waals surface area (Å²) in [6.07, 6.45) is -0.629. The Labute approximate surface area is 107 Å². The van der Waals surface area contributed by atoms with Gasteiger partial charge in [-0.05, 0) is 28.3 Å². The van der Waals surface area contributed by atoms with E-state index in [1.807, 2.05) is 56.3 Å². The number of benzene rings is 2. The Hall–Kier alpha value is -1.85. The van der Waals surface area contributed by atoms with Crippen molar-refractivity contribution in [3.8, 4) is 6.07 Å². The molecule has 0 aromatic heterocycles. The average molecular weight is 239 g/mol. The maximum absolute atomic E-state index is 10.1. The van der Waals surface area contributed by atoms with Gasteiger partial charge in [-0.3, -0.25) is 0 Å². The third-order valence-electron chi connectivity index (χ3n) is 3.30. The summed E-state index contributed by atoms with van der Waals surface area (Å²) < 4.78 is 0. The van der Waals surface area contributed by atoms with Crippen LogP contribution < -0.4 is 0 Å². The monoisotopic (exact) mass is 239 g/mol. The maximum Gasteiger partial charge on any atom is 0.0974 e. The molecule has 2 rings (SSSR count). The Balaban J connectivity index is 2.43. The molecule has 92 valence electrons. The molecule has 1 N–H and O–H groups in total.